The Hall–Kier alpha value is -1.72. The van der Waals surface area contributed by atoms with Gasteiger partial charge in [0.05, 0.1) is 23.4 Å². The van der Waals surface area contributed by atoms with Gasteiger partial charge in [0.2, 0.25) is 0 Å². The molecule has 0 aliphatic heterocycles. The van der Waals surface area contributed by atoms with Crippen LogP contribution < -0.4 is 5.32 Å². The highest BCUT2D eigenvalue weighted by molar-refractivity contribution is 7.11. The molecule has 1 atom stereocenters. The highest BCUT2D eigenvalue weighted by atomic mass is 32.1. The quantitative estimate of drug-likeness (QED) is 0.860. The fourth-order valence-electron chi connectivity index (χ4n) is 2.29. The number of esters is 1. The molecule has 1 unspecified atom stereocenters. The van der Waals surface area contributed by atoms with Crippen LogP contribution in [0.4, 0.5) is 0 Å². The average molecular weight is 304 g/mol. The molecule has 0 bridgehead atoms. The van der Waals surface area contributed by atoms with E-state index in [1.165, 1.54) is 12.0 Å². The summed E-state index contributed by atoms with van der Waals surface area (Å²) in [6.45, 7) is 6.77. The average Bonchev–Trinajstić information content (AvgIpc) is 2.83. The molecule has 0 radical (unpaired) electrons. The Labute approximate surface area is 129 Å². The highest BCUT2D eigenvalue weighted by Gasteiger charge is 2.15. The number of nitrogens with zero attached hydrogens (tertiary/aromatic N) is 1. The first-order chi connectivity index (χ1) is 10.0. The van der Waals surface area contributed by atoms with Gasteiger partial charge >= 0.3 is 5.97 Å². The molecule has 0 saturated carbocycles. The molecule has 5 heteroatoms. The first kappa shape index (κ1) is 15.7. The maximum Gasteiger partial charge on any atom is 0.338 e. The van der Waals surface area contributed by atoms with Crippen molar-refractivity contribution in [2.45, 2.75) is 33.4 Å². The van der Waals surface area contributed by atoms with Crippen LogP contribution in [0.1, 0.15) is 44.5 Å². The van der Waals surface area contributed by atoms with Crippen molar-refractivity contribution in [1.82, 2.24) is 10.3 Å². The predicted octanol–water partition coefficient (Wildman–Crippen LogP) is 3.40. The molecule has 112 valence electrons. The molecule has 1 aromatic carbocycles. The number of methoxy groups -OCH3 is 1. The molecule has 1 heterocycles. The third-order valence-electron chi connectivity index (χ3n) is 3.35. The van der Waals surface area contributed by atoms with Gasteiger partial charge < -0.3 is 10.1 Å². The SMILES string of the molecule is COC(=O)c1ccccc1CNC(C)c1sc(C)nc1C. The third kappa shape index (κ3) is 3.68. The summed E-state index contributed by atoms with van der Waals surface area (Å²) < 4.78 is 4.82. The Morgan fingerprint density at radius 2 is 2.10 bits per heavy atom. The number of carbonyl (C=O) groups excluding carboxylic acids is 1. The largest absolute Gasteiger partial charge is 0.465 e. The van der Waals surface area contributed by atoms with Gasteiger partial charge in [0, 0.05) is 17.5 Å². The van der Waals surface area contributed by atoms with Crippen LogP contribution in [0, 0.1) is 13.8 Å². The van der Waals surface area contributed by atoms with Crippen molar-refractivity contribution in [2.24, 2.45) is 0 Å². The van der Waals surface area contributed by atoms with Crippen LogP contribution in [-0.2, 0) is 11.3 Å². The summed E-state index contributed by atoms with van der Waals surface area (Å²) >= 11 is 1.71. The van der Waals surface area contributed by atoms with Crippen molar-refractivity contribution < 1.29 is 9.53 Å². The van der Waals surface area contributed by atoms with Crippen molar-refractivity contribution in [3.05, 3.63) is 51.0 Å². The summed E-state index contributed by atoms with van der Waals surface area (Å²) in [6.07, 6.45) is 0. The van der Waals surface area contributed by atoms with Gasteiger partial charge in [-0.05, 0) is 32.4 Å². The van der Waals surface area contributed by atoms with Crippen molar-refractivity contribution in [3.63, 3.8) is 0 Å². The second kappa shape index (κ2) is 6.83. The number of thiazole rings is 1. The number of benzene rings is 1. The summed E-state index contributed by atoms with van der Waals surface area (Å²) in [7, 11) is 1.40. The number of rotatable bonds is 5. The number of aromatic nitrogens is 1. The van der Waals surface area contributed by atoms with Crippen LogP contribution in [-0.4, -0.2) is 18.1 Å². The minimum Gasteiger partial charge on any atom is -0.465 e. The highest BCUT2D eigenvalue weighted by Crippen LogP contribution is 2.24. The van der Waals surface area contributed by atoms with Gasteiger partial charge in [-0.1, -0.05) is 18.2 Å². The van der Waals surface area contributed by atoms with E-state index >= 15 is 0 Å². The summed E-state index contributed by atoms with van der Waals surface area (Å²) in [5.74, 6) is -0.301. The zero-order valence-electron chi connectivity index (χ0n) is 12.8. The van der Waals surface area contributed by atoms with Crippen molar-refractivity contribution in [2.75, 3.05) is 7.11 Å². The van der Waals surface area contributed by atoms with E-state index in [4.69, 9.17) is 4.74 Å². The zero-order valence-corrected chi connectivity index (χ0v) is 13.6. The fourth-order valence-corrected chi connectivity index (χ4v) is 3.24. The summed E-state index contributed by atoms with van der Waals surface area (Å²) in [5.41, 5.74) is 2.62. The Balaban J connectivity index is 2.10. The van der Waals surface area contributed by atoms with E-state index in [1.807, 2.05) is 32.0 Å². The fraction of sp³-hybridized carbons (Fsp3) is 0.375. The summed E-state index contributed by atoms with van der Waals surface area (Å²) in [6, 6.07) is 7.69. The van der Waals surface area contributed by atoms with Crippen LogP contribution >= 0.6 is 11.3 Å². The first-order valence-corrected chi connectivity index (χ1v) is 7.68. The Kier molecular flexibility index (Phi) is 5.09. The van der Waals surface area contributed by atoms with E-state index in [2.05, 4.69) is 17.2 Å². The lowest BCUT2D eigenvalue weighted by Crippen LogP contribution is -2.20. The molecule has 0 aliphatic carbocycles. The zero-order chi connectivity index (χ0) is 15.4. The molecule has 21 heavy (non-hydrogen) atoms. The monoisotopic (exact) mass is 304 g/mol. The van der Waals surface area contributed by atoms with Gasteiger partial charge in [0.1, 0.15) is 0 Å². The van der Waals surface area contributed by atoms with Gasteiger partial charge in [-0.25, -0.2) is 9.78 Å². The number of nitrogens with one attached hydrogen (secondary N) is 1. The van der Waals surface area contributed by atoms with Crippen molar-refractivity contribution in [1.29, 1.82) is 0 Å². The lowest BCUT2D eigenvalue weighted by molar-refractivity contribution is 0.0599. The molecule has 1 N–H and O–H groups in total. The van der Waals surface area contributed by atoms with Crippen LogP contribution in [0.15, 0.2) is 24.3 Å². The van der Waals surface area contributed by atoms with Gasteiger partial charge in [-0.15, -0.1) is 11.3 Å². The minimum atomic E-state index is -0.301. The van der Waals surface area contributed by atoms with Crippen LogP contribution in [0.3, 0.4) is 0 Å². The van der Waals surface area contributed by atoms with Crippen molar-refractivity contribution >= 4 is 17.3 Å². The lowest BCUT2D eigenvalue weighted by Gasteiger charge is -2.14. The van der Waals surface area contributed by atoms with Gasteiger partial charge in [-0.2, -0.15) is 0 Å². The number of aryl methyl sites for hydroxylation is 2. The van der Waals surface area contributed by atoms with E-state index in [1.54, 1.807) is 17.4 Å². The van der Waals surface area contributed by atoms with Gasteiger partial charge in [-0.3, -0.25) is 0 Å². The second-order valence-corrected chi connectivity index (χ2v) is 6.17. The van der Waals surface area contributed by atoms with E-state index in [0.717, 1.165) is 16.3 Å². The van der Waals surface area contributed by atoms with E-state index in [9.17, 15) is 4.79 Å². The molecule has 0 spiro atoms. The molecule has 0 amide bonds. The molecule has 0 aliphatic rings. The Morgan fingerprint density at radius 3 is 2.71 bits per heavy atom. The number of ether oxygens (including phenoxy) is 1. The molecule has 2 aromatic rings. The second-order valence-electron chi connectivity index (χ2n) is 4.93. The third-order valence-corrected chi connectivity index (χ3v) is 4.61. The summed E-state index contributed by atoms with van der Waals surface area (Å²) in [4.78, 5) is 17.4. The summed E-state index contributed by atoms with van der Waals surface area (Å²) in [5, 5.41) is 4.53. The maximum absolute atomic E-state index is 11.7. The van der Waals surface area contributed by atoms with Gasteiger partial charge in [0.25, 0.3) is 0 Å². The normalized spacial score (nSPS) is 12.2. The number of hydrogen-bond acceptors (Lipinski definition) is 5. The Bertz CT molecular complexity index is 637. The smallest absolute Gasteiger partial charge is 0.338 e. The topological polar surface area (TPSA) is 51.2 Å². The standard InChI is InChI=1S/C16H20N2O2S/c1-10(15-11(2)18-12(3)21-15)17-9-13-7-5-6-8-14(13)16(19)20-4/h5-8,10,17H,9H2,1-4H3. The van der Waals surface area contributed by atoms with E-state index in [0.29, 0.717) is 12.1 Å². The van der Waals surface area contributed by atoms with E-state index in [-0.39, 0.29) is 12.0 Å². The predicted molar refractivity (Wildman–Crippen MR) is 84.6 cm³/mol. The molecule has 4 nitrogen and oxygen atoms in total. The van der Waals surface area contributed by atoms with Crippen LogP contribution in [0.5, 0.6) is 0 Å². The number of carbonyl (C=O) groups is 1. The number of hydrogen-bond donors (Lipinski definition) is 1. The van der Waals surface area contributed by atoms with Crippen molar-refractivity contribution in [3.8, 4) is 0 Å². The van der Waals surface area contributed by atoms with Crippen LogP contribution in [0.25, 0.3) is 0 Å². The molecule has 0 fully saturated rings. The lowest BCUT2D eigenvalue weighted by atomic mass is 10.1. The molecular formula is C16H20N2O2S. The molecule has 1 aromatic heterocycles. The molecular weight excluding hydrogens is 284 g/mol. The van der Waals surface area contributed by atoms with Gasteiger partial charge in [0.15, 0.2) is 0 Å². The van der Waals surface area contributed by atoms with E-state index < -0.39 is 0 Å². The van der Waals surface area contributed by atoms with Crippen LogP contribution in [0.2, 0.25) is 0 Å². The minimum absolute atomic E-state index is 0.196. The maximum atomic E-state index is 11.7. The first-order valence-electron chi connectivity index (χ1n) is 6.86. The molecule has 0 saturated heterocycles. The Morgan fingerprint density at radius 1 is 1.38 bits per heavy atom. The molecule has 2 rings (SSSR count).